The lowest BCUT2D eigenvalue weighted by molar-refractivity contribution is -0.345. The monoisotopic (exact) mass is 576 g/mol. The lowest BCUT2D eigenvalue weighted by atomic mass is 9.87. The molecule has 0 amide bonds. The van der Waals surface area contributed by atoms with Gasteiger partial charge in [0.25, 0.3) is 0 Å². The molecule has 3 aliphatic heterocycles. The van der Waals surface area contributed by atoms with E-state index in [0.717, 1.165) is 18.4 Å². The molecule has 0 spiro atoms. The van der Waals surface area contributed by atoms with Gasteiger partial charge in [-0.05, 0) is 30.2 Å². The number of phenols is 3. The van der Waals surface area contributed by atoms with Crippen molar-refractivity contribution in [3.63, 3.8) is 0 Å². The molecule has 2 fully saturated rings. The number of benzene rings is 2. The van der Waals surface area contributed by atoms with Gasteiger partial charge < -0.3 is 59.4 Å². The Hall–Kier alpha value is -3.92. The molecule has 2 unspecified atom stereocenters. The summed E-state index contributed by atoms with van der Waals surface area (Å²) in [5.74, 6) is -3.86. The smallest absolute Gasteiger partial charge is 0.343 e. The van der Waals surface area contributed by atoms with E-state index in [1.54, 1.807) is 0 Å². The van der Waals surface area contributed by atoms with Crippen LogP contribution >= 0.6 is 0 Å². The van der Waals surface area contributed by atoms with E-state index >= 15 is 0 Å². The molecule has 41 heavy (non-hydrogen) atoms. The Bertz CT molecular complexity index is 1340. The minimum atomic E-state index is -1.88. The minimum absolute atomic E-state index is 0.0336. The van der Waals surface area contributed by atoms with Crippen LogP contribution in [0.2, 0.25) is 0 Å². The Morgan fingerprint density at radius 3 is 2.49 bits per heavy atom. The first-order chi connectivity index (χ1) is 19.6. The zero-order valence-corrected chi connectivity index (χ0v) is 21.3. The third-order valence-corrected chi connectivity index (χ3v) is 7.12. The standard InChI is InChI=1S/C27H28O14/c28-9-18-21(33)22(34)23(27(39-18)41-26-20(32)14-4-5-37-24(35)16(14)10-38-26)40-25(36)19-15(7-13(30)8-17(19)31)11-2-1-3-12(29)6-11/h1-3,6-8,10,14,18,20-23,26-34H,4-5,9H2/t14?,18-,20+,21-,22-,23-,26?,27+/m1/s1. The fraction of sp³-hybridized carbons (Fsp3) is 0.407. The molecule has 3 heterocycles. The van der Waals surface area contributed by atoms with Crippen molar-refractivity contribution in [2.45, 2.75) is 49.5 Å². The lowest BCUT2D eigenvalue weighted by Gasteiger charge is -2.44. The van der Waals surface area contributed by atoms with Crippen molar-refractivity contribution >= 4 is 11.9 Å². The van der Waals surface area contributed by atoms with Crippen molar-refractivity contribution in [1.82, 2.24) is 0 Å². The van der Waals surface area contributed by atoms with Crippen LogP contribution < -0.4 is 0 Å². The predicted octanol–water partition coefficient (Wildman–Crippen LogP) is -0.384. The highest BCUT2D eigenvalue weighted by molar-refractivity contribution is 6.00. The summed E-state index contributed by atoms with van der Waals surface area (Å²) in [6.45, 7) is -0.703. The number of carbonyl (C=O) groups excluding carboxylic acids is 2. The number of aromatic hydroxyl groups is 3. The largest absolute Gasteiger partial charge is 0.508 e. The average molecular weight is 577 g/mol. The van der Waals surface area contributed by atoms with Crippen LogP contribution in [-0.4, -0.2) is 104 Å². The van der Waals surface area contributed by atoms with Gasteiger partial charge in [0.1, 0.15) is 47.2 Å². The fourth-order valence-corrected chi connectivity index (χ4v) is 5.02. The second kappa shape index (κ2) is 11.5. The highest BCUT2D eigenvalue weighted by atomic mass is 16.8. The van der Waals surface area contributed by atoms with Gasteiger partial charge >= 0.3 is 11.9 Å². The molecule has 0 aliphatic carbocycles. The summed E-state index contributed by atoms with van der Waals surface area (Å²) >= 11 is 0. The Morgan fingerprint density at radius 1 is 0.976 bits per heavy atom. The van der Waals surface area contributed by atoms with E-state index in [2.05, 4.69) is 0 Å². The number of phenolic OH excluding ortho intramolecular Hbond substituents is 3. The second-order valence-corrected chi connectivity index (χ2v) is 9.75. The number of hydrogen-bond acceptors (Lipinski definition) is 14. The van der Waals surface area contributed by atoms with Gasteiger partial charge in [-0.3, -0.25) is 0 Å². The summed E-state index contributed by atoms with van der Waals surface area (Å²) in [5, 5.41) is 72.3. The van der Waals surface area contributed by atoms with Crippen LogP contribution in [0.15, 0.2) is 48.2 Å². The van der Waals surface area contributed by atoms with Crippen LogP contribution in [-0.2, 0) is 28.5 Å². The van der Waals surface area contributed by atoms with Crippen LogP contribution in [0.1, 0.15) is 16.8 Å². The molecule has 5 rings (SSSR count). The molecule has 0 bridgehead atoms. The second-order valence-electron chi connectivity index (χ2n) is 9.75. The zero-order valence-electron chi connectivity index (χ0n) is 21.3. The number of hydrogen-bond donors (Lipinski definition) is 7. The normalized spacial score (nSPS) is 31.3. The summed E-state index contributed by atoms with van der Waals surface area (Å²) in [6, 6.07) is 7.64. The molecule has 8 atom stereocenters. The first kappa shape index (κ1) is 28.6. The lowest BCUT2D eigenvalue weighted by Crippen LogP contribution is -2.62. The molecule has 0 saturated carbocycles. The van der Waals surface area contributed by atoms with E-state index < -0.39 is 84.6 Å². The van der Waals surface area contributed by atoms with E-state index in [1.807, 2.05) is 0 Å². The molecule has 7 N–H and O–H groups in total. The Morgan fingerprint density at radius 2 is 1.76 bits per heavy atom. The molecule has 0 aromatic heterocycles. The molecule has 14 nitrogen and oxygen atoms in total. The van der Waals surface area contributed by atoms with Crippen molar-refractivity contribution in [2.24, 2.45) is 5.92 Å². The van der Waals surface area contributed by atoms with Gasteiger partial charge in [-0.15, -0.1) is 0 Å². The third kappa shape index (κ3) is 5.53. The van der Waals surface area contributed by atoms with Crippen molar-refractivity contribution < 1.29 is 69.0 Å². The summed E-state index contributed by atoms with van der Waals surface area (Å²) < 4.78 is 27.1. The Labute approximate surface area is 232 Å². The molecule has 2 aromatic rings. The maximum Gasteiger partial charge on any atom is 0.343 e. The fourth-order valence-electron chi connectivity index (χ4n) is 5.02. The summed E-state index contributed by atoms with van der Waals surface area (Å²) in [6.07, 6.45) is -10.1. The average Bonchev–Trinajstić information content (AvgIpc) is 2.93. The minimum Gasteiger partial charge on any atom is -0.508 e. The van der Waals surface area contributed by atoms with Gasteiger partial charge in [0, 0.05) is 17.5 Å². The number of rotatable bonds is 6. The van der Waals surface area contributed by atoms with Gasteiger partial charge in [0.15, 0.2) is 6.10 Å². The van der Waals surface area contributed by atoms with Gasteiger partial charge in [-0.25, -0.2) is 9.59 Å². The molecule has 14 heteroatoms. The predicted molar refractivity (Wildman–Crippen MR) is 133 cm³/mol. The molecular formula is C27H28O14. The van der Waals surface area contributed by atoms with E-state index in [1.165, 1.54) is 24.3 Å². The number of aliphatic hydroxyl groups is 4. The third-order valence-electron chi connectivity index (χ3n) is 7.12. The molecule has 2 saturated heterocycles. The number of esters is 2. The number of fused-ring (bicyclic) bond motifs is 1. The topological polar surface area (TPSA) is 222 Å². The Balaban J connectivity index is 1.44. The zero-order chi connectivity index (χ0) is 29.4. The summed E-state index contributed by atoms with van der Waals surface area (Å²) in [4.78, 5) is 25.4. The number of ether oxygens (including phenoxy) is 5. The Kier molecular flexibility index (Phi) is 8.04. The van der Waals surface area contributed by atoms with E-state index in [0.29, 0.717) is 0 Å². The van der Waals surface area contributed by atoms with Crippen LogP contribution in [0.3, 0.4) is 0 Å². The van der Waals surface area contributed by atoms with Crippen LogP contribution in [0.5, 0.6) is 17.2 Å². The van der Waals surface area contributed by atoms with Crippen molar-refractivity contribution in [2.75, 3.05) is 13.2 Å². The molecule has 220 valence electrons. The van der Waals surface area contributed by atoms with Crippen LogP contribution in [0.25, 0.3) is 11.1 Å². The highest BCUT2D eigenvalue weighted by Gasteiger charge is 2.50. The van der Waals surface area contributed by atoms with Crippen molar-refractivity contribution in [3.05, 3.63) is 53.8 Å². The van der Waals surface area contributed by atoms with Gasteiger partial charge in [-0.1, -0.05) is 12.1 Å². The SMILES string of the molecule is O=C1OCCC2C1=COC(O[C@@H]1O[C@H](CO)[C@@H](O)[C@@H](O)[C@H]1OC(=O)c1c(O)cc(O)cc1-c1cccc(O)c1)[C@H]2O. The van der Waals surface area contributed by atoms with Crippen LogP contribution in [0, 0.1) is 5.92 Å². The highest BCUT2D eigenvalue weighted by Crippen LogP contribution is 2.38. The number of aliphatic hydroxyl groups excluding tert-OH is 4. The van der Waals surface area contributed by atoms with E-state index in [-0.39, 0.29) is 35.5 Å². The first-order valence-corrected chi connectivity index (χ1v) is 12.6. The quantitative estimate of drug-likeness (QED) is 0.218. The van der Waals surface area contributed by atoms with Gasteiger partial charge in [-0.2, -0.15) is 0 Å². The van der Waals surface area contributed by atoms with E-state index in [9.17, 15) is 45.3 Å². The molecule has 2 aromatic carbocycles. The number of cyclic esters (lactones) is 1. The van der Waals surface area contributed by atoms with Crippen molar-refractivity contribution in [3.8, 4) is 28.4 Å². The van der Waals surface area contributed by atoms with Crippen molar-refractivity contribution in [1.29, 1.82) is 0 Å². The summed E-state index contributed by atoms with van der Waals surface area (Å²) in [5.41, 5.74) is -0.166. The molecule has 3 aliphatic rings. The molecule has 0 radical (unpaired) electrons. The number of carbonyl (C=O) groups is 2. The van der Waals surface area contributed by atoms with E-state index in [4.69, 9.17) is 23.7 Å². The van der Waals surface area contributed by atoms with Gasteiger partial charge in [0.05, 0.1) is 25.0 Å². The maximum atomic E-state index is 13.4. The maximum absolute atomic E-state index is 13.4. The summed E-state index contributed by atoms with van der Waals surface area (Å²) in [7, 11) is 0. The first-order valence-electron chi connectivity index (χ1n) is 12.6. The van der Waals surface area contributed by atoms with Crippen LogP contribution in [0.4, 0.5) is 0 Å². The van der Waals surface area contributed by atoms with Gasteiger partial charge in [0.2, 0.25) is 12.6 Å². The molecular weight excluding hydrogens is 548 g/mol.